The van der Waals surface area contributed by atoms with Gasteiger partial charge in [-0.25, -0.2) is 4.99 Å². The molecule has 168 valence electrons. The lowest BCUT2D eigenvalue weighted by molar-refractivity contribution is -0.0390. The highest BCUT2D eigenvalue weighted by Gasteiger charge is 2.14. The molecular formula is C26H37N3O2. The van der Waals surface area contributed by atoms with Crippen LogP contribution in [0.3, 0.4) is 0 Å². The van der Waals surface area contributed by atoms with Crippen LogP contribution in [0.4, 0.5) is 0 Å². The van der Waals surface area contributed by atoms with E-state index in [9.17, 15) is 0 Å². The Hall–Kier alpha value is -2.37. The van der Waals surface area contributed by atoms with Crippen molar-refractivity contribution in [1.82, 2.24) is 10.6 Å². The molecule has 1 heterocycles. The fraction of sp³-hybridized carbons (Fsp3) is 0.500. The smallest absolute Gasteiger partial charge is 0.191 e. The van der Waals surface area contributed by atoms with Crippen molar-refractivity contribution < 1.29 is 9.47 Å². The number of guanidine groups is 1. The molecule has 2 N–H and O–H groups in total. The summed E-state index contributed by atoms with van der Waals surface area (Å²) in [5.74, 6) is 1.26. The Bertz CT molecular complexity index is 814. The highest BCUT2D eigenvalue weighted by Crippen LogP contribution is 2.16. The maximum atomic E-state index is 6.06. The molecular weight excluding hydrogens is 386 g/mol. The van der Waals surface area contributed by atoms with Gasteiger partial charge in [-0.2, -0.15) is 0 Å². The molecule has 1 saturated heterocycles. The molecule has 1 unspecified atom stereocenters. The SMILES string of the molecule is CCNC(=NCc1cccc(COC2CCOCC2)c1)NCC(C)c1ccc(C)cc1. The fourth-order valence-corrected chi connectivity index (χ4v) is 3.65. The summed E-state index contributed by atoms with van der Waals surface area (Å²) in [4.78, 5) is 4.79. The molecule has 0 bridgehead atoms. The summed E-state index contributed by atoms with van der Waals surface area (Å²) in [6, 6.07) is 17.3. The average molecular weight is 424 g/mol. The van der Waals surface area contributed by atoms with Gasteiger partial charge in [0.05, 0.1) is 19.3 Å². The van der Waals surface area contributed by atoms with Gasteiger partial charge in [0, 0.05) is 26.3 Å². The molecule has 0 aromatic heterocycles. The highest BCUT2D eigenvalue weighted by atomic mass is 16.5. The Labute approximate surface area is 187 Å². The first-order valence-electron chi connectivity index (χ1n) is 11.5. The molecule has 5 nitrogen and oxygen atoms in total. The van der Waals surface area contributed by atoms with Crippen molar-refractivity contribution in [2.45, 2.75) is 58.8 Å². The number of aliphatic imine (C=N–C) groups is 1. The van der Waals surface area contributed by atoms with Crippen molar-refractivity contribution in [3.05, 3.63) is 70.8 Å². The standard InChI is InChI=1S/C26H37N3O2/c1-4-27-26(28-17-21(3)24-10-8-20(2)9-11-24)29-18-22-6-5-7-23(16-22)19-31-25-12-14-30-15-13-25/h5-11,16,21,25H,4,12-15,17-19H2,1-3H3,(H2,27,28,29). The summed E-state index contributed by atoms with van der Waals surface area (Å²) in [7, 11) is 0. The van der Waals surface area contributed by atoms with Crippen LogP contribution in [0.15, 0.2) is 53.5 Å². The van der Waals surface area contributed by atoms with Gasteiger partial charge in [-0.3, -0.25) is 0 Å². The third kappa shape index (κ3) is 8.00. The Morgan fingerprint density at radius 3 is 2.58 bits per heavy atom. The summed E-state index contributed by atoms with van der Waals surface area (Å²) in [5, 5.41) is 6.84. The van der Waals surface area contributed by atoms with E-state index in [0.29, 0.717) is 25.2 Å². The molecule has 3 rings (SSSR count). The van der Waals surface area contributed by atoms with Gasteiger partial charge >= 0.3 is 0 Å². The van der Waals surface area contributed by atoms with Crippen LogP contribution >= 0.6 is 0 Å². The second-order valence-electron chi connectivity index (χ2n) is 8.33. The van der Waals surface area contributed by atoms with E-state index in [-0.39, 0.29) is 0 Å². The molecule has 2 aromatic carbocycles. The van der Waals surface area contributed by atoms with E-state index in [4.69, 9.17) is 14.5 Å². The van der Waals surface area contributed by atoms with Crippen LogP contribution in [0.25, 0.3) is 0 Å². The predicted octanol–water partition coefficient (Wildman–Crippen LogP) is 4.55. The topological polar surface area (TPSA) is 54.9 Å². The lowest BCUT2D eigenvalue weighted by Crippen LogP contribution is -2.39. The number of hydrogen-bond donors (Lipinski definition) is 2. The third-order valence-corrected chi connectivity index (χ3v) is 5.63. The predicted molar refractivity (Wildman–Crippen MR) is 127 cm³/mol. The van der Waals surface area contributed by atoms with Crippen LogP contribution in [0.2, 0.25) is 0 Å². The molecule has 31 heavy (non-hydrogen) atoms. The van der Waals surface area contributed by atoms with E-state index in [0.717, 1.165) is 45.1 Å². The van der Waals surface area contributed by atoms with Crippen molar-refractivity contribution in [2.75, 3.05) is 26.3 Å². The van der Waals surface area contributed by atoms with Crippen LogP contribution in [0, 0.1) is 6.92 Å². The molecule has 0 radical (unpaired) electrons. The largest absolute Gasteiger partial charge is 0.381 e. The second kappa shape index (κ2) is 12.5. The Kier molecular flexibility index (Phi) is 9.38. The van der Waals surface area contributed by atoms with Gasteiger partial charge in [-0.1, -0.05) is 61.0 Å². The van der Waals surface area contributed by atoms with E-state index >= 15 is 0 Å². The lowest BCUT2D eigenvalue weighted by Gasteiger charge is -2.22. The molecule has 2 aromatic rings. The first-order chi connectivity index (χ1) is 15.1. The summed E-state index contributed by atoms with van der Waals surface area (Å²) < 4.78 is 11.5. The maximum Gasteiger partial charge on any atom is 0.191 e. The summed E-state index contributed by atoms with van der Waals surface area (Å²) in [6.07, 6.45) is 2.29. The number of nitrogens with one attached hydrogen (secondary N) is 2. The molecule has 0 saturated carbocycles. The van der Waals surface area contributed by atoms with Crippen LogP contribution in [0.5, 0.6) is 0 Å². The second-order valence-corrected chi connectivity index (χ2v) is 8.33. The van der Waals surface area contributed by atoms with E-state index in [2.05, 4.69) is 79.9 Å². The summed E-state index contributed by atoms with van der Waals surface area (Å²) in [6.45, 7) is 11.0. The summed E-state index contributed by atoms with van der Waals surface area (Å²) >= 11 is 0. The van der Waals surface area contributed by atoms with Crippen molar-refractivity contribution >= 4 is 5.96 Å². The monoisotopic (exact) mass is 423 g/mol. The van der Waals surface area contributed by atoms with E-state index in [1.165, 1.54) is 22.3 Å². The number of rotatable bonds is 9. The number of nitrogens with zero attached hydrogens (tertiary/aromatic N) is 1. The van der Waals surface area contributed by atoms with E-state index < -0.39 is 0 Å². The Balaban J connectivity index is 1.52. The van der Waals surface area contributed by atoms with Crippen molar-refractivity contribution in [1.29, 1.82) is 0 Å². The quantitative estimate of drug-likeness (QED) is 0.459. The van der Waals surface area contributed by atoms with Crippen LogP contribution in [0.1, 0.15) is 54.9 Å². The zero-order chi connectivity index (χ0) is 21.9. The van der Waals surface area contributed by atoms with Crippen LogP contribution in [-0.4, -0.2) is 38.4 Å². The number of aryl methyl sites for hydroxylation is 1. The maximum absolute atomic E-state index is 6.06. The lowest BCUT2D eigenvalue weighted by atomic mass is 10.0. The van der Waals surface area contributed by atoms with Gasteiger partial charge in [0.2, 0.25) is 0 Å². The zero-order valence-corrected chi connectivity index (χ0v) is 19.2. The molecule has 1 atom stereocenters. The number of benzene rings is 2. The first kappa shape index (κ1) is 23.3. The molecule has 1 aliphatic rings. The molecule has 1 fully saturated rings. The minimum Gasteiger partial charge on any atom is -0.381 e. The molecule has 5 heteroatoms. The van der Waals surface area contributed by atoms with Crippen LogP contribution < -0.4 is 10.6 Å². The fourth-order valence-electron chi connectivity index (χ4n) is 3.65. The molecule has 0 aliphatic carbocycles. The van der Waals surface area contributed by atoms with Crippen LogP contribution in [-0.2, 0) is 22.6 Å². The van der Waals surface area contributed by atoms with Gasteiger partial charge in [0.1, 0.15) is 0 Å². The molecule has 0 spiro atoms. The van der Waals surface area contributed by atoms with E-state index in [1.54, 1.807) is 0 Å². The number of hydrogen-bond acceptors (Lipinski definition) is 3. The minimum atomic E-state index is 0.315. The molecule has 0 amide bonds. The van der Waals surface area contributed by atoms with Crippen molar-refractivity contribution in [2.24, 2.45) is 4.99 Å². The van der Waals surface area contributed by atoms with Crippen molar-refractivity contribution in [3.63, 3.8) is 0 Å². The Morgan fingerprint density at radius 2 is 1.84 bits per heavy atom. The summed E-state index contributed by atoms with van der Waals surface area (Å²) in [5.41, 5.74) is 5.02. The third-order valence-electron chi connectivity index (χ3n) is 5.63. The van der Waals surface area contributed by atoms with Gasteiger partial charge in [-0.15, -0.1) is 0 Å². The van der Waals surface area contributed by atoms with Gasteiger partial charge in [0.15, 0.2) is 5.96 Å². The van der Waals surface area contributed by atoms with Gasteiger partial charge in [0.25, 0.3) is 0 Å². The highest BCUT2D eigenvalue weighted by molar-refractivity contribution is 5.79. The van der Waals surface area contributed by atoms with Gasteiger partial charge < -0.3 is 20.1 Å². The zero-order valence-electron chi connectivity index (χ0n) is 19.2. The average Bonchev–Trinajstić information content (AvgIpc) is 2.81. The van der Waals surface area contributed by atoms with E-state index in [1.807, 2.05) is 0 Å². The normalized spacial score (nSPS) is 16.2. The minimum absolute atomic E-state index is 0.315. The van der Waals surface area contributed by atoms with Crippen molar-refractivity contribution in [3.8, 4) is 0 Å². The Morgan fingerprint density at radius 1 is 1.10 bits per heavy atom. The molecule has 1 aliphatic heterocycles. The first-order valence-corrected chi connectivity index (χ1v) is 11.5. The van der Waals surface area contributed by atoms with Gasteiger partial charge in [-0.05, 0) is 49.3 Å². The number of ether oxygens (including phenoxy) is 2.